The van der Waals surface area contributed by atoms with Gasteiger partial charge in [0, 0.05) is 69.4 Å². The lowest BCUT2D eigenvalue weighted by Gasteiger charge is -2.28. The second kappa shape index (κ2) is 29.9. The van der Waals surface area contributed by atoms with Gasteiger partial charge in [0.1, 0.15) is 23.0 Å². The summed E-state index contributed by atoms with van der Waals surface area (Å²) < 4.78 is 11.5. The Morgan fingerprint density at radius 2 is 0.569 bits per heavy atom. The number of fused-ring (bicyclic) bond motifs is 2. The first-order chi connectivity index (χ1) is 46.8. The van der Waals surface area contributed by atoms with Gasteiger partial charge in [-0.2, -0.15) is 11.8 Å². The fourth-order valence-electron chi connectivity index (χ4n) is 11.3. The number of phenolic OH excluding ortho intramolecular Hbond substituents is 4. The summed E-state index contributed by atoms with van der Waals surface area (Å²) in [7, 11) is 0. The molecule has 1 aliphatic rings. The summed E-state index contributed by atoms with van der Waals surface area (Å²) >= 11 is 0. The van der Waals surface area contributed by atoms with E-state index in [0.717, 1.165) is 44.5 Å². The number of hydrogen-bond donors (Lipinski definition) is 4. The number of carbonyl (C=O) groups is 2. The fraction of sp³-hybridized carbons (Fsp3) is 0.442. The molecule has 0 atom stereocenters. The molecule has 16 heteroatoms. The van der Waals surface area contributed by atoms with E-state index in [9.17, 15) is 30.0 Å². The molecule has 7 rings (SSSR count). The van der Waals surface area contributed by atoms with Crippen molar-refractivity contribution < 1.29 is 39.5 Å². The number of benzene rings is 6. The van der Waals surface area contributed by atoms with E-state index in [1.807, 2.05) is 132 Å². The van der Waals surface area contributed by atoms with Crippen molar-refractivity contribution >= 4 is 106 Å². The third kappa shape index (κ3) is 19.2. The highest BCUT2D eigenvalue weighted by molar-refractivity contribution is 6.31. The number of esters is 2. The standard InChI is InChI=1S/C86H110N8O8/c1-29-101-77(99)59-47-91-69-39-65(87-43-51-31-55(79(5,6)7)35-61(73(51)95)83(17,18)19)68(90-46-54-34-58(82(14,15)16)38-64(76(54)98)86(26,27)28)42-72(69)94-50(4)60(78(100)102-30-2)48-92-70-40-66(88-44-52-32-56(80(8,9)10)36-62(74(52)96)84(20,21)22)67(41-71(70)93-49(59)3)89-45-53-33-57(81(11,12)13)37-63(75(53)97)85(23,24)25/h31-48,95-98H,29-30H2,1-28H3/q-2. The monoisotopic (exact) mass is 1380 g/mol. The number of hydrogen-bond acceptors (Lipinski definition) is 16. The minimum absolute atomic E-state index is 0.00856. The van der Waals surface area contributed by atoms with Crippen LogP contribution in [-0.4, -0.2) is 94.3 Å². The van der Waals surface area contributed by atoms with Gasteiger partial charge < -0.3 is 29.9 Å². The van der Waals surface area contributed by atoms with Crippen molar-refractivity contribution in [3.8, 4) is 23.0 Å². The Morgan fingerprint density at radius 1 is 0.353 bits per heavy atom. The quantitative estimate of drug-likeness (QED) is 0.0521. The van der Waals surface area contributed by atoms with Gasteiger partial charge in [-0.15, -0.1) is 23.9 Å². The van der Waals surface area contributed by atoms with E-state index in [4.69, 9.17) is 49.4 Å². The molecule has 0 unspecified atom stereocenters. The van der Waals surface area contributed by atoms with Gasteiger partial charge in [-0.25, -0.2) is 0 Å². The number of aromatic hydroxyl groups is 4. The summed E-state index contributed by atoms with van der Waals surface area (Å²) in [5.74, 6) is -1.33. The first-order valence-corrected chi connectivity index (χ1v) is 35.1. The molecule has 0 saturated carbocycles. The minimum atomic E-state index is -0.746. The second-order valence-corrected chi connectivity index (χ2v) is 34.7. The van der Waals surface area contributed by atoms with E-state index >= 15 is 0 Å². The average Bonchev–Trinajstić information content (AvgIpc) is 0.800. The van der Waals surface area contributed by atoms with Crippen LogP contribution in [0.5, 0.6) is 23.0 Å². The maximum absolute atomic E-state index is 14.5. The molecule has 4 N–H and O–H groups in total. The Labute approximate surface area is 607 Å². The molecule has 1 heterocycles. The van der Waals surface area contributed by atoms with Crippen LogP contribution in [0.2, 0.25) is 0 Å². The van der Waals surface area contributed by atoms with Crippen LogP contribution in [0.25, 0.3) is 0 Å². The Bertz CT molecular complexity index is 4160. The molecule has 0 bridgehead atoms. The Hall–Kier alpha value is -9.44. The molecule has 0 saturated heterocycles. The zero-order chi connectivity index (χ0) is 76.5. The molecule has 0 radical (unpaired) electrons. The predicted octanol–water partition coefficient (Wildman–Crippen LogP) is 21.5. The maximum atomic E-state index is 14.5. The molecule has 0 spiro atoms. The molecular weight excluding hydrogens is 1270 g/mol. The van der Waals surface area contributed by atoms with Crippen LogP contribution in [0.3, 0.4) is 0 Å². The Kier molecular flexibility index (Phi) is 23.4. The van der Waals surface area contributed by atoms with E-state index < -0.39 is 33.6 Å². The number of aliphatic imine (C=N–C) groups is 8. The third-order valence-corrected chi connectivity index (χ3v) is 17.8. The van der Waals surface area contributed by atoms with Gasteiger partial charge in [-0.3, -0.25) is 49.5 Å². The first-order valence-electron chi connectivity index (χ1n) is 35.1. The van der Waals surface area contributed by atoms with Crippen molar-refractivity contribution in [2.24, 2.45) is 39.9 Å². The van der Waals surface area contributed by atoms with Crippen LogP contribution in [0, 0.1) is 11.8 Å². The Balaban J connectivity index is 1.60. The second-order valence-electron chi connectivity index (χ2n) is 34.7. The minimum Gasteiger partial charge on any atom is -0.507 e. The molecule has 0 amide bonds. The summed E-state index contributed by atoms with van der Waals surface area (Å²) in [4.78, 5) is 69.8. The van der Waals surface area contributed by atoms with Crippen molar-refractivity contribution in [3.05, 3.63) is 151 Å². The molecule has 544 valence electrons. The van der Waals surface area contributed by atoms with E-state index in [2.05, 4.69) is 83.1 Å². The average molecular weight is 1380 g/mol. The summed E-state index contributed by atoms with van der Waals surface area (Å²) in [5.41, 5.74) is 7.70. The lowest BCUT2D eigenvalue weighted by molar-refractivity contribution is -0.139. The molecule has 6 aromatic rings. The van der Waals surface area contributed by atoms with Crippen LogP contribution >= 0.6 is 0 Å². The van der Waals surface area contributed by atoms with Gasteiger partial charge in [0.25, 0.3) is 0 Å². The van der Waals surface area contributed by atoms with E-state index in [1.165, 1.54) is 12.4 Å². The molecule has 0 fully saturated rings. The molecular formula is C86H110N8O8-2. The maximum Gasteiger partial charge on any atom is 0.179 e. The SMILES string of the molecule is CCOC(=O)[C-]1C=Nc2cc(N=Cc3cc(C(C)(C)C)cc(C(C)(C)C)c3O)c(N=Cc3cc(C(C)(C)C)cc(C(C)(C)C)c3O)cc2N=C(C)[C-](C(=O)OCC)C=Nc2cc(N=Cc3cc(C(C)(C)C)cc(C(C)(C)C)c3O)c(N=Cc3cc(C(C)(C)C)cc(C(C)(C)C)c3O)cc2N=C1C. The van der Waals surface area contributed by atoms with Gasteiger partial charge in [0.15, 0.2) is 11.9 Å². The van der Waals surface area contributed by atoms with Crippen LogP contribution in [-0.2, 0) is 62.4 Å². The molecule has 102 heavy (non-hydrogen) atoms. The van der Waals surface area contributed by atoms with Gasteiger partial charge in [0.2, 0.25) is 0 Å². The molecule has 6 aromatic carbocycles. The number of nitrogens with zero attached hydrogens (tertiary/aromatic N) is 8. The Morgan fingerprint density at radius 3 is 0.765 bits per heavy atom. The third-order valence-electron chi connectivity index (χ3n) is 17.8. The number of ether oxygens (including phenoxy) is 2. The summed E-state index contributed by atoms with van der Waals surface area (Å²) in [6.45, 7) is 56.5. The number of carbonyl (C=O) groups excluding carboxylic acids is 2. The lowest BCUT2D eigenvalue weighted by Crippen LogP contribution is -2.24. The first kappa shape index (κ1) is 79.9. The van der Waals surface area contributed by atoms with Crippen molar-refractivity contribution in [2.45, 2.75) is 237 Å². The summed E-state index contributed by atoms with van der Waals surface area (Å²) in [6, 6.07) is 22.4. The van der Waals surface area contributed by atoms with E-state index in [-0.39, 0.29) is 127 Å². The predicted molar refractivity (Wildman–Crippen MR) is 426 cm³/mol. The highest BCUT2D eigenvalue weighted by Gasteiger charge is 2.30. The summed E-state index contributed by atoms with van der Waals surface area (Å²) in [5, 5.41) is 48.3. The van der Waals surface area contributed by atoms with E-state index in [1.54, 1.807) is 76.8 Å². The van der Waals surface area contributed by atoms with Gasteiger partial charge in [-0.05, 0) is 128 Å². The van der Waals surface area contributed by atoms with Crippen LogP contribution in [0.1, 0.15) is 261 Å². The molecule has 1 aliphatic heterocycles. The highest BCUT2D eigenvalue weighted by Crippen LogP contribution is 2.47. The van der Waals surface area contributed by atoms with Crippen LogP contribution < -0.4 is 0 Å². The van der Waals surface area contributed by atoms with Crippen molar-refractivity contribution in [1.82, 2.24) is 0 Å². The topological polar surface area (TPSA) is 232 Å². The van der Waals surface area contributed by atoms with Crippen LogP contribution in [0.4, 0.5) is 45.5 Å². The van der Waals surface area contributed by atoms with E-state index in [0.29, 0.717) is 22.3 Å². The van der Waals surface area contributed by atoms with Gasteiger partial charge >= 0.3 is 0 Å². The normalized spacial score (nSPS) is 14.2. The van der Waals surface area contributed by atoms with Crippen molar-refractivity contribution in [1.29, 1.82) is 0 Å². The number of phenols is 4. The van der Waals surface area contributed by atoms with Crippen molar-refractivity contribution in [2.75, 3.05) is 13.2 Å². The molecule has 0 aliphatic carbocycles. The lowest BCUT2D eigenvalue weighted by atomic mass is 9.79. The zero-order valence-electron chi connectivity index (χ0n) is 65.8. The number of rotatable bonds is 12. The van der Waals surface area contributed by atoms with Crippen molar-refractivity contribution in [3.63, 3.8) is 0 Å². The smallest absolute Gasteiger partial charge is 0.179 e. The molecule has 0 aromatic heterocycles. The highest BCUT2D eigenvalue weighted by atomic mass is 16.5. The zero-order valence-corrected chi connectivity index (χ0v) is 65.8. The fourth-order valence-corrected chi connectivity index (χ4v) is 11.3. The van der Waals surface area contributed by atoms with Crippen LogP contribution in [0.15, 0.2) is 113 Å². The summed E-state index contributed by atoms with van der Waals surface area (Å²) in [6.07, 6.45) is 9.05. The largest absolute Gasteiger partial charge is 0.507 e. The molecule has 16 nitrogen and oxygen atoms in total. The van der Waals surface area contributed by atoms with Gasteiger partial charge in [0.05, 0.1) is 58.7 Å². The van der Waals surface area contributed by atoms with Gasteiger partial charge in [-0.1, -0.05) is 204 Å².